The van der Waals surface area contributed by atoms with Gasteiger partial charge in [-0.2, -0.15) is 0 Å². The topological polar surface area (TPSA) is 108 Å². The molecule has 144 valence electrons. The Hall–Kier alpha value is -3.35. The number of carbonyl (C=O) groups excluding carboxylic acids is 2. The average molecular weight is 380 g/mol. The van der Waals surface area contributed by atoms with Crippen LogP contribution in [-0.2, 0) is 22.4 Å². The molecule has 0 bridgehead atoms. The van der Waals surface area contributed by atoms with Crippen molar-refractivity contribution in [3.8, 4) is 5.75 Å². The van der Waals surface area contributed by atoms with E-state index in [0.717, 1.165) is 18.5 Å². The van der Waals surface area contributed by atoms with E-state index in [1.165, 1.54) is 0 Å². The Morgan fingerprint density at radius 2 is 2.11 bits per heavy atom. The molecule has 28 heavy (non-hydrogen) atoms. The summed E-state index contributed by atoms with van der Waals surface area (Å²) in [4.78, 5) is 39.3. The van der Waals surface area contributed by atoms with Gasteiger partial charge in [0.25, 0.3) is 5.91 Å². The van der Waals surface area contributed by atoms with Crippen molar-refractivity contribution < 1.29 is 24.2 Å². The summed E-state index contributed by atoms with van der Waals surface area (Å²) >= 11 is 0. The first kappa shape index (κ1) is 18.0. The Morgan fingerprint density at radius 1 is 1.29 bits per heavy atom. The number of aryl methyl sites for hydroxylation is 1. The number of carboxylic acids is 1. The quantitative estimate of drug-likeness (QED) is 0.691. The monoisotopic (exact) mass is 380 g/mol. The minimum atomic E-state index is -0.925. The van der Waals surface area contributed by atoms with Crippen LogP contribution in [0.1, 0.15) is 52.1 Å². The molecule has 2 aromatic rings. The lowest BCUT2D eigenvalue weighted by molar-refractivity contribution is -0.137. The van der Waals surface area contributed by atoms with Crippen molar-refractivity contribution in [1.82, 2.24) is 4.98 Å². The Kier molecular flexibility index (Phi) is 4.50. The van der Waals surface area contributed by atoms with Crippen LogP contribution in [0.5, 0.6) is 5.75 Å². The average Bonchev–Trinajstić information content (AvgIpc) is 3.18. The first-order valence-corrected chi connectivity index (χ1v) is 9.18. The Morgan fingerprint density at radius 3 is 2.86 bits per heavy atom. The number of amides is 1. The van der Waals surface area contributed by atoms with Crippen molar-refractivity contribution in [1.29, 1.82) is 0 Å². The van der Waals surface area contributed by atoms with E-state index in [4.69, 9.17) is 9.84 Å². The second-order valence-corrected chi connectivity index (χ2v) is 6.96. The fraction of sp³-hybridized carbons (Fsp3) is 0.286. The zero-order chi connectivity index (χ0) is 19.8. The van der Waals surface area contributed by atoms with Crippen LogP contribution in [-0.4, -0.2) is 34.9 Å². The number of Topliss-reactive ketones (excluding diaryl/α,β-unsaturated/α-hetero) is 1. The van der Waals surface area contributed by atoms with Gasteiger partial charge in [0.05, 0.1) is 12.7 Å². The van der Waals surface area contributed by atoms with E-state index in [0.29, 0.717) is 45.8 Å². The maximum Gasteiger partial charge on any atom is 0.303 e. The normalized spacial score (nSPS) is 16.7. The number of hydrogen-bond acceptors (Lipinski definition) is 4. The second-order valence-electron chi connectivity index (χ2n) is 6.96. The number of ketones is 1. The van der Waals surface area contributed by atoms with Crippen LogP contribution >= 0.6 is 0 Å². The van der Waals surface area contributed by atoms with Gasteiger partial charge < -0.3 is 20.1 Å². The minimum absolute atomic E-state index is 0.0282. The van der Waals surface area contributed by atoms with Gasteiger partial charge in [0.15, 0.2) is 5.78 Å². The fourth-order valence-corrected chi connectivity index (χ4v) is 3.89. The number of benzene rings is 1. The van der Waals surface area contributed by atoms with E-state index in [1.54, 1.807) is 31.4 Å². The number of hydrogen-bond donors (Lipinski definition) is 3. The molecule has 4 rings (SSSR count). The van der Waals surface area contributed by atoms with Crippen LogP contribution in [0.3, 0.4) is 0 Å². The van der Waals surface area contributed by atoms with Gasteiger partial charge in [-0.15, -0.1) is 0 Å². The number of carbonyl (C=O) groups is 3. The number of aromatic amines is 1. The largest absolute Gasteiger partial charge is 0.497 e. The molecular formula is C21H20N2O5. The summed E-state index contributed by atoms with van der Waals surface area (Å²) in [5, 5.41) is 11.9. The SMILES string of the molecule is COc1ccc2c(c1)/C(=C/c1[nH]c3c(c1CCC(=O)O)C(=O)CCC3)C(=O)N2. The van der Waals surface area contributed by atoms with E-state index in [1.807, 2.05) is 0 Å². The third-order valence-corrected chi connectivity index (χ3v) is 5.21. The molecular weight excluding hydrogens is 360 g/mol. The number of H-pyrrole nitrogens is 1. The molecule has 0 spiro atoms. The number of rotatable bonds is 5. The standard InChI is InChI=1S/C21H20N2O5/c1-28-11-5-7-15-13(9-11)14(21(27)23-15)10-17-12(6-8-19(25)26)20-16(22-17)3-2-4-18(20)24/h5,7,9-10,22H,2-4,6,8H2,1H3,(H,23,27)(H,25,26)/b14-10-. The lowest BCUT2D eigenvalue weighted by Crippen LogP contribution is -2.11. The third kappa shape index (κ3) is 3.09. The third-order valence-electron chi connectivity index (χ3n) is 5.21. The maximum absolute atomic E-state index is 12.5. The number of nitrogens with one attached hydrogen (secondary N) is 2. The van der Waals surface area contributed by atoms with Gasteiger partial charge in [0, 0.05) is 41.0 Å². The number of aromatic nitrogens is 1. The van der Waals surface area contributed by atoms with E-state index >= 15 is 0 Å². The molecule has 1 aromatic carbocycles. The highest BCUT2D eigenvalue weighted by Gasteiger charge is 2.29. The van der Waals surface area contributed by atoms with Crippen LogP contribution in [0.2, 0.25) is 0 Å². The molecule has 2 heterocycles. The number of ether oxygens (including phenoxy) is 1. The van der Waals surface area contributed by atoms with Crippen molar-refractivity contribution in [2.75, 3.05) is 12.4 Å². The lowest BCUT2D eigenvalue weighted by atomic mass is 9.91. The Bertz CT molecular complexity index is 1030. The fourth-order valence-electron chi connectivity index (χ4n) is 3.89. The van der Waals surface area contributed by atoms with Gasteiger partial charge in [0.1, 0.15) is 5.75 Å². The van der Waals surface area contributed by atoms with Crippen LogP contribution < -0.4 is 10.1 Å². The van der Waals surface area contributed by atoms with Crippen molar-refractivity contribution in [2.24, 2.45) is 0 Å². The molecule has 0 saturated heterocycles. The molecule has 1 aliphatic carbocycles. The molecule has 1 amide bonds. The number of anilines is 1. The zero-order valence-corrected chi connectivity index (χ0v) is 15.4. The molecule has 0 unspecified atom stereocenters. The molecule has 0 fully saturated rings. The van der Waals surface area contributed by atoms with E-state index in [-0.39, 0.29) is 24.5 Å². The molecule has 1 aliphatic heterocycles. The highest BCUT2D eigenvalue weighted by molar-refractivity contribution is 6.35. The molecule has 0 radical (unpaired) electrons. The van der Waals surface area contributed by atoms with Crippen molar-refractivity contribution >= 4 is 35.0 Å². The summed E-state index contributed by atoms with van der Waals surface area (Å²) in [6.45, 7) is 0. The summed E-state index contributed by atoms with van der Waals surface area (Å²) < 4.78 is 5.26. The molecule has 3 N–H and O–H groups in total. The van der Waals surface area contributed by atoms with Crippen LogP contribution in [0.15, 0.2) is 18.2 Å². The second kappa shape index (κ2) is 6.99. The first-order valence-electron chi connectivity index (χ1n) is 9.18. The molecule has 0 atom stereocenters. The summed E-state index contributed by atoms with van der Waals surface area (Å²) in [5.41, 5.74) is 4.60. The summed E-state index contributed by atoms with van der Waals surface area (Å²) in [6, 6.07) is 5.33. The van der Waals surface area contributed by atoms with Crippen LogP contribution in [0.25, 0.3) is 11.6 Å². The number of carboxylic acid groups (broad SMARTS) is 1. The van der Waals surface area contributed by atoms with Crippen molar-refractivity contribution in [3.63, 3.8) is 0 Å². The number of aliphatic carboxylic acids is 1. The number of methoxy groups -OCH3 is 1. The molecule has 0 saturated carbocycles. The molecule has 7 nitrogen and oxygen atoms in total. The van der Waals surface area contributed by atoms with Gasteiger partial charge in [-0.3, -0.25) is 14.4 Å². The molecule has 7 heteroatoms. The lowest BCUT2D eigenvalue weighted by Gasteiger charge is -2.11. The Balaban J connectivity index is 1.83. The predicted octanol–water partition coefficient (Wildman–Crippen LogP) is 3.05. The van der Waals surface area contributed by atoms with Gasteiger partial charge in [0.2, 0.25) is 0 Å². The Labute approximate surface area is 161 Å². The van der Waals surface area contributed by atoms with Gasteiger partial charge >= 0.3 is 5.97 Å². The predicted molar refractivity (Wildman–Crippen MR) is 104 cm³/mol. The highest BCUT2D eigenvalue weighted by Crippen LogP contribution is 2.37. The van der Waals surface area contributed by atoms with Crippen molar-refractivity contribution in [2.45, 2.75) is 32.1 Å². The zero-order valence-electron chi connectivity index (χ0n) is 15.4. The van der Waals surface area contributed by atoms with Gasteiger partial charge in [-0.25, -0.2) is 0 Å². The molecule has 2 aliphatic rings. The smallest absolute Gasteiger partial charge is 0.303 e. The van der Waals surface area contributed by atoms with Crippen LogP contribution in [0.4, 0.5) is 5.69 Å². The van der Waals surface area contributed by atoms with E-state index in [2.05, 4.69) is 10.3 Å². The first-order chi connectivity index (χ1) is 13.5. The van der Waals surface area contributed by atoms with Gasteiger partial charge in [-0.1, -0.05) is 0 Å². The maximum atomic E-state index is 12.5. The summed E-state index contributed by atoms with van der Waals surface area (Å²) in [5.74, 6) is -0.509. The molecule has 1 aromatic heterocycles. The number of fused-ring (bicyclic) bond motifs is 2. The highest BCUT2D eigenvalue weighted by atomic mass is 16.5. The minimum Gasteiger partial charge on any atom is -0.497 e. The van der Waals surface area contributed by atoms with E-state index in [9.17, 15) is 14.4 Å². The van der Waals surface area contributed by atoms with Gasteiger partial charge in [-0.05, 0) is 49.1 Å². The summed E-state index contributed by atoms with van der Waals surface area (Å²) in [7, 11) is 1.56. The van der Waals surface area contributed by atoms with Crippen molar-refractivity contribution in [3.05, 3.63) is 46.3 Å². The van der Waals surface area contributed by atoms with E-state index < -0.39 is 5.97 Å². The van der Waals surface area contributed by atoms with Crippen LogP contribution in [0, 0.1) is 0 Å². The summed E-state index contributed by atoms with van der Waals surface area (Å²) in [6.07, 6.45) is 3.83.